The van der Waals surface area contributed by atoms with Crippen molar-refractivity contribution in [2.45, 2.75) is 6.04 Å². The van der Waals surface area contributed by atoms with Gasteiger partial charge in [0.25, 0.3) is 0 Å². The lowest BCUT2D eigenvalue weighted by atomic mass is 10.0. The van der Waals surface area contributed by atoms with Crippen molar-refractivity contribution in [1.29, 1.82) is 0 Å². The highest BCUT2D eigenvalue weighted by molar-refractivity contribution is 5.59. The number of aliphatic hydroxyl groups is 1. The molecule has 0 aliphatic heterocycles. The third-order valence-electron chi connectivity index (χ3n) is 2.47. The van der Waals surface area contributed by atoms with Crippen LogP contribution in [-0.2, 0) is 0 Å². The molecule has 16 heavy (non-hydrogen) atoms. The van der Waals surface area contributed by atoms with Crippen LogP contribution < -0.4 is 5.73 Å². The van der Waals surface area contributed by atoms with E-state index in [0.717, 1.165) is 16.8 Å². The lowest BCUT2D eigenvalue weighted by molar-refractivity contribution is 0.268. The number of hydrogen-bond acceptors (Lipinski definition) is 3. The molecule has 1 heterocycles. The van der Waals surface area contributed by atoms with E-state index < -0.39 is 0 Å². The van der Waals surface area contributed by atoms with Crippen LogP contribution in [0.5, 0.6) is 0 Å². The summed E-state index contributed by atoms with van der Waals surface area (Å²) in [5.41, 5.74) is 8.62. The van der Waals surface area contributed by atoms with Crippen molar-refractivity contribution in [3.8, 4) is 11.3 Å². The normalized spacial score (nSPS) is 12.4. The summed E-state index contributed by atoms with van der Waals surface area (Å²) in [5, 5.41) is 9.01. The summed E-state index contributed by atoms with van der Waals surface area (Å²) in [6.07, 6.45) is 1.76. The number of hydrogen-bond donors (Lipinski definition) is 2. The zero-order chi connectivity index (χ0) is 11.4. The Morgan fingerprint density at radius 2 is 2.06 bits per heavy atom. The molecule has 3 N–H and O–H groups in total. The van der Waals surface area contributed by atoms with Gasteiger partial charge in [0.1, 0.15) is 0 Å². The third-order valence-corrected chi connectivity index (χ3v) is 2.47. The van der Waals surface area contributed by atoms with E-state index in [-0.39, 0.29) is 12.6 Å². The highest BCUT2D eigenvalue weighted by atomic mass is 16.3. The molecular weight excluding hydrogens is 200 g/mol. The van der Waals surface area contributed by atoms with E-state index in [1.807, 2.05) is 42.5 Å². The van der Waals surface area contributed by atoms with E-state index in [9.17, 15) is 0 Å². The first-order valence-corrected chi connectivity index (χ1v) is 5.19. The van der Waals surface area contributed by atoms with Gasteiger partial charge in [-0.3, -0.25) is 4.98 Å². The van der Waals surface area contributed by atoms with E-state index in [4.69, 9.17) is 10.8 Å². The van der Waals surface area contributed by atoms with Crippen LogP contribution in [0, 0.1) is 0 Å². The van der Waals surface area contributed by atoms with Crippen molar-refractivity contribution < 1.29 is 5.11 Å². The second-order valence-electron chi connectivity index (χ2n) is 3.63. The molecule has 0 aliphatic rings. The number of rotatable bonds is 3. The van der Waals surface area contributed by atoms with E-state index >= 15 is 0 Å². The van der Waals surface area contributed by atoms with Crippen molar-refractivity contribution in [2.75, 3.05) is 6.61 Å². The van der Waals surface area contributed by atoms with Crippen LogP contribution in [0.1, 0.15) is 11.6 Å². The molecule has 0 unspecified atom stereocenters. The topological polar surface area (TPSA) is 59.1 Å². The first kappa shape index (κ1) is 10.8. The average molecular weight is 214 g/mol. The monoisotopic (exact) mass is 214 g/mol. The molecule has 1 aromatic heterocycles. The summed E-state index contributed by atoms with van der Waals surface area (Å²) in [6.45, 7) is -0.0499. The number of benzene rings is 1. The molecule has 3 nitrogen and oxygen atoms in total. The summed E-state index contributed by atoms with van der Waals surface area (Å²) >= 11 is 0. The standard InChI is InChI=1S/C13H14N2O/c14-12(9-16)10-4-3-5-11(8-10)13-6-1-2-7-15-13/h1-8,12,16H,9,14H2/t12-/m1/s1. The molecule has 0 fully saturated rings. The Kier molecular flexibility index (Phi) is 3.29. The summed E-state index contributed by atoms with van der Waals surface area (Å²) in [6, 6.07) is 13.2. The van der Waals surface area contributed by atoms with Crippen LogP contribution in [0.25, 0.3) is 11.3 Å². The molecule has 0 spiro atoms. The quantitative estimate of drug-likeness (QED) is 0.818. The second kappa shape index (κ2) is 4.88. The maximum absolute atomic E-state index is 9.01. The molecule has 0 bridgehead atoms. The smallest absolute Gasteiger partial charge is 0.0702 e. The van der Waals surface area contributed by atoms with Crippen molar-refractivity contribution in [3.05, 3.63) is 54.2 Å². The Hall–Kier alpha value is -1.71. The molecule has 2 aromatic rings. The lowest BCUT2D eigenvalue weighted by Crippen LogP contribution is -2.14. The Morgan fingerprint density at radius 3 is 2.75 bits per heavy atom. The molecule has 0 radical (unpaired) electrons. The van der Waals surface area contributed by atoms with Gasteiger partial charge in [-0.1, -0.05) is 24.3 Å². The first-order valence-electron chi connectivity index (χ1n) is 5.19. The fraction of sp³-hybridized carbons (Fsp3) is 0.154. The minimum absolute atomic E-state index is 0.0499. The highest BCUT2D eigenvalue weighted by Crippen LogP contribution is 2.20. The van der Waals surface area contributed by atoms with E-state index in [0.29, 0.717) is 0 Å². The average Bonchev–Trinajstić information content (AvgIpc) is 2.39. The summed E-state index contributed by atoms with van der Waals surface area (Å²) in [4.78, 5) is 4.27. The van der Waals surface area contributed by atoms with Crippen LogP contribution in [-0.4, -0.2) is 16.7 Å². The maximum atomic E-state index is 9.01. The van der Waals surface area contributed by atoms with Gasteiger partial charge in [-0.05, 0) is 23.8 Å². The second-order valence-corrected chi connectivity index (χ2v) is 3.63. The van der Waals surface area contributed by atoms with Crippen LogP contribution in [0.3, 0.4) is 0 Å². The lowest BCUT2D eigenvalue weighted by Gasteiger charge is -2.09. The van der Waals surface area contributed by atoms with Gasteiger partial charge in [-0.15, -0.1) is 0 Å². The molecule has 82 valence electrons. The molecule has 0 saturated heterocycles. The summed E-state index contributed by atoms with van der Waals surface area (Å²) < 4.78 is 0. The molecule has 0 amide bonds. The molecular formula is C13H14N2O. The van der Waals surface area contributed by atoms with Gasteiger partial charge in [0.2, 0.25) is 0 Å². The van der Waals surface area contributed by atoms with Crippen molar-refractivity contribution >= 4 is 0 Å². The van der Waals surface area contributed by atoms with Crippen LogP contribution in [0.4, 0.5) is 0 Å². The molecule has 1 aromatic carbocycles. The van der Waals surface area contributed by atoms with E-state index in [1.165, 1.54) is 0 Å². The van der Waals surface area contributed by atoms with Crippen LogP contribution in [0.15, 0.2) is 48.7 Å². The predicted molar refractivity (Wildman–Crippen MR) is 63.7 cm³/mol. The number of nitrogens with zero attached hydrogens (tertiary/aromatic N) is 1. The number of aromatic nitrogens is 1. The molecule has 3 heteroatoms. The van der Waals surface area contributed by atoms with Crippen LogP contribution >= 0.6 is 0 Å². The van der Waals surface area contributed by atoms with Gasteiger partial charge in [-0.2, -0.15) is 0 Å². The Morgan fingerprint density at radius 1 is 1.19 bits per heavy atom. The zero-order valence-corrected chi connectivity index (χ0v) is 8.88. The maximum Gasteiger partial charge on any atom is 0.0702 e. The van der Waals surface area contributed by atoms with Crippen molar-refractivity contribution in [2.24, 2.45) is 5.73 Å². The third kappa shape index (κ3) is 2.27. The Balaban J connectivity index is 2.36. The summed E-state index contributed by atoms with van der Waals surface area (Å²) in [7, 11) is 0. The molecule has 0 aliphatic carbocycles. The van der Waals surface area contributed by atoms with E-state index in [2.05, 4.69) is 4.98 Å². The van der Waals surface area contributed by atoms with Crippen LogP contribution in [0.2, 0.25) is 0 Å². The molecule has 0 saturated carbocycles. The van der Waals surface area contributed by atoms with Gasteiger partial charge < -0.3 is 10.8 Å². The number of pyridine rings is 1. The zero-order valence-electron chi connectivity index (χ0n) is 8.88. The Bertz CT molecular complexity index is 456. The van der Waals surface area contributed by atoms with Crippen molar-refractivity contribution in [3.63, 3.8) is 0 Å². The minimum Gasteiger partial charge on any atom is -0.394 e. The predicted octanol–water partition coefficient (Wildman–Crippen LogP) is 1.74. The number of nitrogens with two attached hydrogens (primary N) is 1. The van der Waals surface area contributed by atoms with E-state index in [1.54, 1.807) is 6.20 Å². The first-order chi connectivity index (χ1) is 7.81. The van der Waals surface area contributed by atoms with Gasteiger partial charge in [0.15, 0.2) is 0 Å². The van der Waals surface area contributed by atoms with Gasteiger partial charge >= 0.3 is 0 Å². The summed E-state index contributed by atoms with van der Waals surface area (Å²) in [5.74, 6) is 0. The SMILES string of the molecule is N[C@H](CO)c1cccc(-c2ccccn2)c1. The fourth-order valence-corrected chi connectivity index (χ4v) is 1.57. The fourth-order valence-electron chi connectivity index (χ4n) is 1.57. The minimum atomic E-state index is -0.330. The van der Waals surface area contributed by atoms with Gasteiger partial charge in [-0.25, -0.2) is 0 Å². The van der Waals surface area contributed by atoms with Gasteiger partial charge in [0.05, 0.1) is 18.3 Å². The molecule has 2 rings (SSSR count). The highest BCUT2D eigenvalue weighted by Gasteiger charge is 2.05. The Labute approximate surface area is 94.6 Å². The number of aliphatic hydroxyl groups excluding tert-OH is 1. The van der Waals surface area contributed by atoms with Crippen molar-refractivity contribution in [1.82, 2.24) is 4.98 Å². The van der Waals surface area contributed by atoms with Gasteiger partial charge in [0, 0.05) is 11.8 Å². The largest absolute Gasteiger partial charge is 0.394 e. The molecule has 1 atom stereocenters.